The minimum atomic E-state index is -0.353. The van der Waals surface area contributed by atoms with Gasteiger partial charge in [-0.2, -0.15) is 0 Å². The lowest BCUT2D eigenvalue weighted by atomic mass is 9.84. The number of nitrogens with two attached hydrogens (primary N) is 1. The second-order valence-corrected chi connectivity index (χ2v) is 6.39. The van der Waals surface area contributed by atoms with Gasteiger partial charge >= 0.3 is 0 Å². The highest BCUT2D eigenvalue weighted by Crippen LogP contribution is 2.23. The average Bonchev–Trinajstić information content (AvgIpc) is 2.54. The first-order valence-corrected chi connectivity index (χ1v) is 7.72. The number of hydrogen-bond acceptors (Lipinski definition) is 2. The summed E-state index contributed by atoms with van der Waals surface area (Å²) < 4.78 is 13.4. The third-order valence-electron chi connectivity index (χ3n) is 3.97. The van der Waals surface area contributed by atoms with E-state index < -0.39 is 0 Å². The van der Waals surface area contributed by atoms with Gasteiger partial charge in [-0.05, 0) is 23.3 Å². The fourth-order valence-electron chi connectivity index (χ4n) is 2.42. The van der Waals surface area contributed by atoms with Crippen molar-refractivity contribution in [1.29, 1.82) is 0 Å². The smallest absolute Gasteiger partial charge is 0.221 e. The Morgan fingerprint density at radius 3 is 2.46 bits per heavy atom. The summed E-state index contributed by atoms with van der Waals surface area (Å²) in [6.07, 6.45) is 0.225. The minimum Gasteiger partial charge on any atom is -0.355 e. The summed E-state index contributed by atoms with van der Waals surface area (Å²) in [5, 5.41) is 2.90. The van der Waals surface area contributed by atoms with Crippen molar-refractivity contribution >= 4 is 18.3 Å². The van der Waals surface area contributed by atoms with Crippen LogP contribution in [-0.2, 0) is 10.2 Å². The van der Waals surface area contributed by atoms with Crippen molar-refractivity contribution in [1.82, 2.24) is 5.32 Å². The monoisotopic (exact) mass is 350 g/mol. The Labute approximate surface area is 148 Å². The number of carbonyl (C=O) groups is 1. The first-order valence-electron chi connectivity index (χ1n) is 7.72. The van der Waals surface area contributed by atoms with Gasteiger partial charge in [0, 0.05) is 24.4 Å². The first kappa shape index (κ1) is 20.1. The number of amides is 1. The van der Waals surface area contributed by atoms with Gasteiger partial charge in [0.2, 0.25) is 5.91 Å². The molecule has 2 rings (SSSR count). The van der Waals surface area contributed by atoms with E-state index in [9.17, 15) is 9.18 Å². The van der Waals surface area contributed by atoms with Crippen molar-refractivity contribution < 1.29 is 9.18 Å². The van der Waals surface area contributed by atoms with Crippen LogP contribution in [0, 0.1) is 5.82 Å². The van der Waals surface area contributed by atoms with Gasteiger partial charge in [-0.3, -0.25) is 4.79 Å². The molecule has 0 bridgehead atoms. The van der Waals surface area contributed by atoms with Crippen LogP contribution in [0.1, 0.15) is 37.4 Å². The Kier molecular flexibility index (Phi) is 7.39. The Bertz CT molecular complexity index is 661. The number of nitrogens with one attached hydrogen (secondary N) is 1. The molecule has 3 nitrogen and oxygen atoms in total. The van der Waals surface area contributed by atoms with E-state index in [1.54, 1.807) is 6.07 Å². The number of rotatable bonds is 6. The molecule has 0 radical (unpaired) electrons. The predicted molar refractivity (Wildman–Crippen MR) is 97.7 cm³/mol. The molecular weight excluding hydrogens is 327 g/mol. The van der Waals surface area contributed by atoms with Crippen LogP contribution in [0.3, 0.4) is 0 Å². The molecule has 130 valence electrons. The standard InChI is InChI=1S/C19H23FN2O.ClH/c1-19(2,15-9-6-10-16(20)11-15)13-22-18(23)12-17(21)14-7-4-3-5-8-14;/h3-11,17H,12-13,21H2,1-2H3,(H,22,23);1H. The van der Waals surface area contributed by atoms with Gasteiger partial charge in [0.15, 0.2) is 0 Å². The van der Waals surface area contributed by atoms with E-state index in [2.05, 4.69) is 5.32 Å². The molecule has 0 aromatic heterocycles. The molecule has 0 spiro atoms. The zero-order valence-corrected chi connectivity index (χ0v) is 14.8. The van der Waals surface area contributed by atoms with Crippen molar-refractivity contribution in [2.24, 2.45) is 5.73 Å². The second-order valence-electron chi connectivity index (χ2n) is 6.39. The molecule has 2 aromatic rings. The van der Waals surface area contributed by atoms with E-state index >= 15 is 0 Å². The topological polar surface area (TPSA) is 55.1 Å². The Morgan fingerprint density at radius 1 is 1.17 bits per heavy atom. The van der Waals surface area contributed by atoms with E-state index in [1.165, 1.54) is 12.1 Å². The van der Waals surface area contributed by atoms with Crippen LogP contribution in [-0.4, -0.2) is 12.5 Å². The largest absolute Gasteiger partial charge is 0.355 e. The number of carbonyl (C=O) groups excluding carboxylic acids is 1. The van der Waals surface area contributed by atoms with E-state index in [4.69, 9.17) is 5.73 Å². The van der Waals surface area contributed by atoms with E-state index in [0.717, 1.165) is 11.1 Å². The van der Waals surface area contributed by atoms with Crippen molar-refractivity contribution in [2.75, 3.05) is 6.54 Å². The molecule has 0 heterocycles. The van der Waals surface area contributed by atoms with Crippen LogP contribution in [0.25, 0.3) is 0 Å². The fraction of sp³-hybridized carbons (Fsp3) is 0.316. The number of hydrogen-bond donors (Lipinski definition) is 2. The van der Waals surface area contributed by atoms with E-state index in [0.29, 0.717) is 6.54 Å². The highest BCUT2D eigenvalue weighted by atomic mass is 35.5. The lowest BCUT2D eigenvalue weighted by Gasteiger charge is -2.26. The van der Waals surface area contributed by atoms with Gasteiger partial charge in [0.05, 0.1) is 0 Å². The van der Waals surface area contributed by atoms with Crippen LogP contribution in [0.4, 0.5) is 4.39 Å². The summed E-state index contributed by atoms with van der Waals surface area (Å²) in [6.45, 7) is 4.37. The summed E-state index contributed by atoms with van der Waals surface area (Å²) >= 11 is 0. The van der Waals surface area contributed by atoms with Crippen LogP contribution in [0.5, 0.6) is 0 Å². The van der Waals surface area contributed by atoms with Gasteiger partial charge in [-0.15, -0.1) is 12.4 Å². The molecule has 1 atom stereocenters. The quantitative estimate of drug-likeness (QED) is 0.834. The third-order valence-corrected chi connectivity index (χ3v) is 3.97. The van der Waals surface area contributed by atoms with Crippen LogP contribution in [0.2, 0.25) is 0 Å². The Morgan fingerprint density at radius 2 is 1.83 bits per heavy atom. The Hall–Kier alpha value is -1.91. The van der Waals surface area contributed by atoms with Gasteiger partial charge in [-0.25, -0.2) is 4.39 Å². The predicted octanol–water partition coefficient (Wildman–Crippen LogP) is 3.73. The molecule has 0 saturated carbocycles. The zero-order valence-electron chi connectivity index (χ0n) is 14.0. The first-order chi connectivity index (χ1) is 10.9. The average molecular weight is 351 g/mol. The van der Waals surface area contributed by atoms with Gasteiger partial charge in [0.25, 0.3) is 0 Å². The maximum Gasteiger partial charge on any atom is 0.221 e. The van der Waals surface area contributed by atoms with Crippen molar-refractivity contribution in [3.63, 3.8) is 0 Å². The Balaban J connectivity index is 0.00000288. The molecule has 0 aliphatic carbocycles. The molecule has 0 aliphatic heterocycles. The van der Waals surface area contributed by atoms with E-state index in [-0.39, 0.29) is 42.0 Å². The molecule has 24 heavy (non-hydrogen) atoms. The molecule has 0 fully saturated rings. The summed E-state index contributed by atoms with van der Waals surface area (Å²) in [4.78, 5) is 12.1. The second kappa shape index (κ2) is 8.81. The molecular formula is C19H24ClFN2O. The maximum absolute atomic E-state index is 13.4. The summed E-state index contributed by atoms with van der Waals surface area (Å²) in [5.74, 6) is -0.376. The molecule has 2 aromatic carbocycles. The molecule has 0 saturated heterocycles. The summed E-state index contributed by atoms with van der Waals surface area (Å²) in [5.41, 5.74) is 7.49. The molecule has 1 unspecified atom stereocenters. The highest BCUT2D eigenvalue weighted by molar-refractivity contribution is 5.85. The molecule has 3 N–H and O–H groups in total. The highest BCUT2D eigenvalue weighted by Gasteiger charge is 2.22. The van der Waals surface area contributed by atoms with Crippen molar-refractivity contribution in [3.8, 4) is 0 Å². The van der Waals surface area contributed by atoms with Crippen LogP contribution >= 0.6 is 12.4 Å². The zero-order chi connectivity index (χ0) is 16.9. The van der Waals surface area contributed by atoms with Gasteiger partial charge in [0.1, 0.15) is 5.82 Å². The van der Waals surface area contributed by atoms with Crippen LogP contribution in [0.15, 0.2) is 54.6 Å². The van der Waals surface area contributed by atoms with Gasteiger partial charge in [-0.1, -0.05) is 56.3 Å². The number of benzene rings is 2. The summed E-state index contributed by atoms with van der Waals surface area (Å²) in [7, 11) is 0. The fourth-order valence-corrected chi connectivity index (χ4v) is 2.42. The maximum atomic E-state index is 13.4. The van der Waals surface area contributed by atoms with E-state index in [1.807, 2.05) is 50.2 Å². The molecule has 0 aliphatic rings. The third kappa shape index (κ3) is 5.62. The molecule has 5 heteroatoms. The molecule has 1 amide bonds. The summed E-state index contributed by atoms with van der Waals surface area (Å²) in [6, 6.07) is 15.7. The van der Waals surface area contributed by atoms with Gasteiger partial charge < -0.3 is 11.1 Å². The lowest BCUT2D eigenvalue weighted by molar-refractivity contribution is -0.121. The van der Waals surface area contributed by atoms with Crippen molar-refractivity contribution in [3.05, 3.63) is 71.5 Å². The van der Waals surface area contributed by atoms with Crippen LogP contribution < -0.4 is 11.1 Å². The minimum absolute atomic E-state index is 0. The SMILES string of the molecule is CC(C)(CNC(=O)CC(N)c1ccccc1)c1cccc(F)c1.Cl. The lowest BCUT2D eigenvalue weighted by Crippen LogP contribution is -2.37. The van der Waals surface area contributed by atoms with Crippen molar-refractivity contribution in [2.45, 2.75) is 31.7 Å². The number of halogens is 2. The normalized spacial score (nSPS) is 12.2.